The van der Waals surface area contributed by atoms with Gasteiger partial charge in [-0.1, -0.05) is 140 Å². The maximum atomic E-state index is 6.53. The molecule has 5 nitrogen and oxygen atoms in total. The van der Waals surface area contributed by atoms with Crippen molar-refractivity contribution in [2.45, 2.75) is 0 Å². The van der Waals surface area contributed by atoms with Crippen molar-refractivity contribution in [2.24, 2.45) is 0 Å². The van der Waals surface area contributed by atoms with E-state index in [9.17, 15) is 0 Å². The SMILES string of the molecule is c1ccc(-c2nc(-c3ccccc3)nc(-c3ccc4oc5cccc(-c6ccccc6-c6ccc7c(c6)c6ccccc6n7-c6ccccc6)c5c4c3)n2)cc1. The third-order valence-electron chi connectivity index (χ3n) is 10.7. The maximum absolute atomic E-state index is 6.53. The average Bonchev–Trinajstić information content (AvgIpc) is 3.82. The molecule has 0 aliphatic carbocycles. The van der Waals surface area contributed by atoms with E-state index in [2.05, 4.69) is 126 Å². The number of hydrogen-bond donors (Lipinski definition) is 0. The average molecular weight is 717 g/mol. The molecule has 0 saturated heterocycles. The fourth-order valence-corrected chi connectivity index (χ4v) is 8.09. The zero-order valence-electron chi connectivity index (χ0n) is 30.2. The van der Waals surface area contributed by atoms with Gasteiger partial charge < -0.3 is 8.98 Å². The predicted molar refractivity (Wildman–Crippen MR) is 229 cm³/mol. The summed E-state index contributed by atoms with van der Waals surface area (Å²) < 4.78 is 8.89. The second kappa shape index (κ2) is 13.0. The van der Waals surface area contributed by atoms with Crippen molar-refractivity contribution in [1.29, 1.82) is 0 Å². The van der Waals surface area contributed by atoms with Gasteiger partial charge in [-0.3, -0.25) is 0 Å². The van der Waals surface area contributed by atoms with Crippen LogP contribution in [0.25, 0.3) is 106 Å². The van der Waals surface area contributed by atoms with E-state index in [1.807, 2.05) is 72.8 Å². The zero-order chi connectivity index (χ0) is 37.0. The molecule has 11 aromatic rings. The highest BCUT2D eigenvalue weighted by Crippen LogP contribution is 2.43. The van der Waals surface area contributed by atoms with Crippen LogP contribution in [0.5, 0.6) is 0 Å². The highest BCUT2D eigenvalue weighted by atomic mass is 16.3. The van der Waals surface area contributed by atoms with Crippen molar-refractivity contribution in [1.82, 2.24) is 19.5 Å². The fraction of sp³-hybridized carbons (Fsp3) is 0. The van der Waals surface area contributed by atoms with Crippen molar-refractivity contribution >= 4 is 43.7 Å². The normalized spacial score (nSPS) is 11.6. The van der Waals surface area contributed by atoms with Crippen LogP contribution in [0, 0.1) is 0 Å². The van der Waals surface area contributed by atoms with Gasteiger partial charge in [0, 0.05) is 43.9 Å². The molecule has 0 fully saturated rings. The Hall–Kier alpha value is -7.63. The Morgan fingerprint density at radius 3 is 1.62 bits per heavy atom. The topological polar surface area (TPSA) is 56.7 Å². The minimum absolute atomic E-state index is 0.606. The molecule has 8 aromatic carbocycles. The molecule has 0 amide bonds. The number of fused-ring (bicyclic) bond motifs is 6. The van der Waals surface area contributed by atoms with Gasteiger partial charge in [-0.15, -0.1) is 0 Å². The molecule has 0 radical (unpaired) electrons. The van der Waals surface area contributed by atoms with E-state index in [0.29, 0.717) is 17.5 Å². The van der Waals surface area contributed by atoms with Crippen LogP contribution in [0.3, 0.4) is 0 Å². The molecule has 0 unspecified atom stereocenters. The Labute approximate surface area is 322 Å². The van der Waals surface area contributed by atoms with Gasteiger partial charge >= 0.3 is 0 Å². The molecule has 0 spiro atoms. The molecular weight excluding hydrogens is 685 g/mol. The molecule has 0 aliphatic heterocycles. The number of rotatable bonds is 6. The third-order valence-corrected chi connectivity index (χ3v) is 10.7. The number of aromatic nitrogens is 4. The predicted octanol–water partition coefficient (Wildman–Crippen LogP) is 13.2. The van der Waals surface area contributed by atoms with Crippen molar-refractivity contribution in [3.05, 3.63) is 194 Å². The second-order valence-corrected chi connectivity index (χ2v) is 14.0. The molecule has 0 bridgehead atoms. The Balaban J connectivity index is 1.08. The van der Waals surface area contributed by atoms with Gasteiger partial charge in [-0.05, 0) is 76.9 Å². The standard InChI is InChI=1S/C51H32N4O/c1-4-15-33(16-5-1)49-52-50(34-17-6-2-7-18-34)54-51(53-49)36-28-30-46-43(32-36)48-41(24-14-26-47(48)56-46)39-22-11-10-21-38(39)35-27-29-45-42(31-35)40-23-12-13-25-44(40)55(45)37-19-8-3-9-20-37/h1-32H. The van der Waals surface area contributed by atoms with Crippen LogP contribution in [0.4, 0.5) is 0 Å². The number of furan rings is 1. The quantitative estimate of drug-likeness (QED) is 0.172. The molecule has 0 aliphatic rings. The smallest absolute Gasteiger partial charge is 0.164 e. The molecular formula is C51H32N4O. The summed E-state index contributed by atoms with van der Waals surface area (Å²) in [4.78, 5) is 14.9. The van der Waals surface area contributed by atoms with E-state index in [1.165, 1.54) is 21.8 Å². The van der Waals surface area contributed by atoms with Crippen LogP contribution in [0.15, 0.2) is 199 Å². The number of benzene rings is 8. The molecule has 262 valence electrons. The highest BCUT2D eigenvalue weighted by Gasteiger charge is 2.19. The number of nitrogens with zero attached hydrogens (tertiary/aromatic N) is 4. The highest BCUT2D eigenvalue weighted by molar-refractivity contribution is 6.15. The fourth-order valence-electron chi connectivity index (χ4n) is 8.09. The molecule has 3 heterocycles. The summed E-state index contributed by atoms with van der Waals surface area (Å²) in [6.45, 7) is 0. The van der Waals surface area contributed by atoms with Gasteiger partial charge in [0.1, 0.15) is 11.2 Å². The summed E-state index contributed by atoms with van der Waals surface area (Å²) in [7, 11) is 0. The van der Waals surface area contributed by atoms with E-state index < -0.39 is 0 Å². The first kappa shape index (κ1) is 31.9. The molecule has 0 saturated carbocycles. The number of para-hydroxylation sites is 2. The summed E-state index contributed by atoms with van der Waals surface area (Å²) in [6, 6.07) is 67.5. The van der Waals surface area contributed by atoms with Crippen LogP contribution >= 0.6 is 0 Å². The maximum Gasteiger partial charge on any atom is 0.164 e. The zero-order valence-corrected chi connectivity index (χ0v) is 30.2. The van der Waals surface area contributed by atoms with Gasteiger partial charge in [-0.25, -0.2) is 15.0 Å². The van der Waals surface area contributed by atoms with Crippen LogP contribution in [-0.2, 0) is 0 Å². The largest absolute Gasteiger partial charge is 0.456 e. The van der Waals surface area contributed by atoms with Gasteiger partial charge in [0.05, 0.1) is 11.0 Å². The monoisotopic (exact) mass is 716 g/mol. The van der Waals surface area contributed by atoms with Crippen molar-refractivity contribution < 1.29 is 4.42 Å². The van der Waals surface area contributed by atoms with E-state index in [0.717, 1.165) is 66.6 Å². The van der Waals surface area contributed by atoms with Crippen molar-refractivity contribution in [3.8, 4) is 62.1 Å². The Kier molecular flexibility index (Phi) is 7.42. The van der Waals surface area contributed by atoms with Crippen LogP contribution < -0.4 is 0 Å². The first-order chi connectivity index (χ1) is 27.8. The van der Waals surface area contributed by atoms with Crippen molar-refractivity contribution in [2.75, 3.05) is 0 Å². The molecule has 11 rings (SSSR count). The summed E-state index contributed by atoms with van der Waals surface area (Å²) in [5.74, 6) is 1.87. The Bertz CT molecular complexity index is 3180. The lowest BCUT2D eigenvalue weighted by Crippen LogP contribution is -2.00. The Morgan fingerprint density at radius 2 is 0.893 bits per heavy atom. The summed E-state index contributed by atoms with van der Waals surface area (Å²) in [5, 5.41) is 4.51. The summed E-state index contributed by atoms with van der Waals surface area (Å²) >= 11 is 0. The minimum Gasteiger partial charge on any atom is -0.456 e. The Morgan fingerprint density at radius 1 is 0.339 bits per heavy atom. The van der Waals surface area contributed by atoms with Gasteiger partial charge in [-0.2, -0.15) is 0 Å². The van der Waals surface area contributed by atoms with Gasteiger partial charge in [0.15, 0.2) is 17.5 Å². The van der Waals surface area contributed by atoms with Crippen LogP contribution in [0.1, 0.15) is 0 Å². The lowest BCUT2D eigenvalue weighted by Gasteiger charge is -2.13. The van der Waals surface area contributed by atoms with Crippen LogP contribution in [-0.4, -0.2) is 19.5 Å². The molecule has 3 aromatic heterocycles. The van der Waals surface area contributed by atoms with E-state index in [1.54, 1.807) is 0 Å². The van der Waals surface area contributed by atoms with E-state index in [4.69, 9.17) is 19.4 Å². The van der Waals surface area contributed by atoms with Crippen LogP contribution in [0.2, 0.25) is 0 Å². The van der Waals surface area contributed by atoms with Gasteiger partial charge in [0.25, 0.3) is 0 Å². The first-order valence-electron chi connectivity index (χ1n) is 18.8. The number of hydrogen-bond acceptors (Lipinski definition) is 4. The lowest BCUT2D eigenvalue weighted by molar-refractivity contribution is 0.669. The molecule has 56 heavy (non-hydrogen) atoms. The molecule has 5 heteroatoms. The molecule has 0 atom stereocenters. The van der Waals surface area contributed by atoms with Crippen molar-refractivity contribution in [3.63, 3.8) is 0 Å². The van der Waals surface area contributed by atoms with Gasteiger partial charge in [0.2, 0.25) is 0 Å². The molecule has 0 N–H and O–H groups in total. The minimum atomic E-state index is 0.606. The third kappa shape index (κ3) is 5.29. The van der Waals surface area contributed by atoms with E-state index >= 15 is 0 Å². The lowest BCUT2D eigenvalue weighted by atomic mass is 9.91. The summed E-state index contributed by atoms with van der Waals surface area (Å²) in [5.41, 5.74) is 12.5. The van der Waals surface area contributed by atoms with E-state index in [-0.39, 0.29) is 0 Å². The first-order valence-corrected chi connectivity index (χ1v) is 18.8. The summed E-state index contributed by atoms with van der Waals surface area (Å²) in [6.07, 6.45) is 0. The second-order valence-electron chi connectivity index (χ2n) is 14.0.